The van der Waals surface area contributed by atoms with Gasteiger partial charge in [-0.2, -0.15) is 5.10 Å². The number of hydrogen-bond donors (Lipinski definition) is 1. The molecule has 1 aromatic carbocycles. The van der Waals surface area contributed by atoms with E-state index in [4.69, 9.17) is 11.6 Å². The summed E-state index contributed by atoms with van der Waals surface area (Å²) in [4.78, 5) is 15.3. The Morgan fingerprint density at radius 3 is 2.62 bits per heavy atom. The SMILES string of the molecule is O=C(O)c1cccnc1-n1cc(Cl)c(-c2ccccc2)n1. The maximum absolute atomic E-state index is 11.2. The molecule has 104 valence electrons. The number of carboxylic acid groups (broad SMARTS) is 1. The first kappa shape index (κ1) is 13.3. The predicted octanol–water partition coefficient (Wildman–Crippen LogP) is 3.29. The molecule has 0 saturated heterocycles. The molecule has 0 aliphatic heterocycles. The largest absolute Gasteiger partial charge is 0.478 e. The number of rotatable bonds is 3. The predicted molar refractivity (Wildman–Crippen MR) is 78.8 cm³/mol. The number of nitrogens with zero attached hydrogens (tertiary/aromatic N) is 3. The summed E-state index contributed by atoms with van der Waals surface area (Å²) in [5.74, 6) is -0.833. The number of carboxylic acids is 1. The number of halogens is 1. The molecule has 0 radical (unpaired) electrons. The van der Waals surface area contributed by atoms with Crippen molar-refractivity contribution in [1.82, 2.24) is 14.8 Å². The molecule has 0 spiro atoms. The number of aromatic carboxylic acids is 1. The molecular formula is C15H10ClN3O2. The molecule has 0 aliphatic carbocycles. The molecule has 3 rings (SSSR count). The van der Waals surface area contributed by atoms with Crippen LogP contribution < -0.4 is 0 Å². The summed E-state index contributed by atoms with van der Waals surface area (Å²) in [5, 5.41) is 14.0. The minimum absolute atomic E-state index is 0.0660. The average Bonchev–Trinajstić information content (AvgIpc) is 2.90. The molecule has 0 amide bonds. The standard InChI is InChI=1S/C15H10ClN3O2/c16-12-9-19(14-11(15(20)21)7-4-8-17-14)18-13(12)10-5-2-1-3-6-10/h1-9H,(H,20,21). The van der Waals surface area contributed by atoms with E-state index in [-0.39, 0.29) is 11.4 Å². The maximum atomic E-state index is 11.2. The minimum Gasteiger partial charge on any atom is -0.478 e. The second-order valence-corrected chi connectivity index (χ2v) is 4.72. The molecule has 0 aliphatic rings. The van der Waals surface area contributed by atoms with Gasteiger partial charge in [-0.3, -0.25) is 0 Å². The Labute approximate surface area is 125 Å². The Bertz CT molecular complexity index is 800. The van der Waals surface area contributed by atoms with E-state index in [0.29, 0.717) is 10.7 Å². The summed E-state index contributed by atoms with van der Waals surface area (Å²) >= 11 is 6.20. The van der Waals surface area contributed by atoms with Gasteiger partial charge in [0.1, 0.15) is 11.3 Å². The first-order chi connectivity index (χ1) is 10.2. The summed E-state index contributed by atoms with van der Waals surface area (Å²) in [6, 6.07) is 12.5. The fourth-order valence-corrected chi connectivity index (χ4v) is 2.24. The van der Waals surface area contributed by atoms with Crippen LogP contribution in [-0.2, 0) is 0 Å². The quantitative estimate of drug-likeness (QED) is 0.806. The first-order valence-electron chi connectivity index (χ1n) is 6.16. The van der Waals surface area contributed by atoms with E-state index in [2.05, 4.69) is 10.1 Å². The molecule has 2 heterocycles. The van der Waals surface area contributed by atoms with Crippen LogP contribution in [0.2, 0.25) is 5.02 Å². The van der Waals surface area contributed by atoms with Crippen LogP contribution in [0.15, 0.2) is 54.9 Å². The van der Waals surface area contributed by atoms with Crippen LogP contribution in [-0.4, -0.2) is 25.8 Å². The average molecular weight is 300 g/mol. The fourth-order valence-electron chi connectivity index (χ4n) is 2.00. The lowest BCUT2D eigenvalue weighted by Crippen LogP contribution is -2.07. The van der Waals surface area contributed by atoms with Crippen LogP contribution in [0.5, 0.6) is 0 Å². The van der Waals surface area contributed by atoms with Gasteiger partial charge in [-0.05, 0) is 12.1 Å². The van der Waals surface area contributed by atoms with Crippen molar-refractivity contribution in [3.8, 4) is 17.1 Å². The third-order valence-corrected chi connectivity index (χ3v) is 3.23. The van der Waals surface area contributed by atoms with E-state index in [0.717, 1.165) is 5.56 Å². The maximum Gasteiger partial charge on any atom is 0.339 e. The van der Waals surface area contributed by atoms with Gasteiger partial charge in [0.25, 0.3) is 0 Å². The van der Waals surface area contributed by atoms with Gasteiger partial charge in [0, 0.05) is 11.8 Å². The van der Waals surface area contributed by atoms with Crippen molar-refractivity contribution in [2.24, 2.45) is 0 Å². The Morgan fingerprint density at radius 2 is 1.90 bits per heavy atom. The van der Waals surface area contributed by atoms with Gasteiger partial charge in [0.15, 0.2) is 5.82 Å². The van der Waals surface area contributed by atoms with Crippen LogP contribution in [0.25, 0.3) is 17.1 Å². The van der Waals surface area contributed by atoms with E-state index < -0.39 is 5.97 Å². The molecular weight excluding hydrogens is 290 g/mol. The molecule has 21 heavy (non-hydrogen) atoms. The molecule has 0 bridgehead atoms. The van der Waals surface area contributed by atoms with Crippen molar-refractivity contribution >= 4 is 17.6 Å². The lowest BCUT2D eigenvalue weighted by molar-refractivity contribution is 0.0696. The Balaban J connectivity index is 2.12. The zero-order valence-electron chi connectivity index (χ0n) is 10.8. The molecule has 3 aromatic rings. The lowest BCUT2D eigenvalue weighted by atomic mass is 10.2. The minimum atomic E-state index is -1.06. The third kappa shape index (κ3) is 2.51. The van der Waals surface area contributed by atoms with Gasteiger partial charge in [-0.15, -0.1) is 0 Å². The second kappa shape index (κ2) is 5.38. The van der Waals surface area contributed by atoms with E-state index in [9.17, 15) is 9.90 Å². The van der Waals surface area contributed by atoms with Gasteiger partial charge >= 0.3 is 5.97 Å². The number of carbonyl (C=O) groups is 1. The summed E-state index contributed by atoms with van der Waals surface area (Å²) in [6.07, 6.45) is 3.07. The van der Waals surface area contributed by atoms with E-state index in [1.807, 2.05) is 30.3 Å². The Morgan fingerprint density at radius 1 is 1.14 bits per heavy atom. The Hall–Kier alpha value is -2.66. The monoisotopic (exact) mass is 299 g/mol. The lowest BCUT2D eigenvalue weighted by Gasteiger charge is -2.03. The fraction of sp³-hybridized carbons (Fsp3) is 0. The van der Waals surface area contributed by atoms with Gasteiger partial charge in [0.05, 0.1) is 11.2 Å². The van der Waals surface area contributed by atoms with E-state index in [1.165, 1.54) is 16.9 Å². The summed E-state index contributed by atoms with van der Waals surface area (Å²) in [7, 11) is 0. The highest BCUT2D eigenvalue weighted by molar-refractivity contribution is 6.33. The molecule has 0 atom stereocenters. The second-order valence-electron chi connectivity index (χ2n) is 4.32. The normalized spacial score (nSPS) is 10.5. The number of benzene rings is 1. The van der Waals surface area contributed by atoms with Gasteiger partial charge in [-0.25, -0.2) is 14.5 Å². The summed E-state index contributed by atoms with van der Waals surface area (Å²) in [5.41, 5.74) is 1.50. The molecule has 0 fully saturated rings. The smallest absolute Gasteiger partial charge is 0.339 e. The number of aromatic nitrogens is 3. The highest BCUT2D eigenvalue weighted by atomic mass is 35.5. The third-order valence-electron chi connectivity index (χ3n) is 2.95. The van der Waals surface area contributed by atoms with Crippen molar-refractivity contribution in [3.63, 3.8) is 0 Å². The van der Waals surface area contributed by atoms with Crippen molar-refractivity contribution < 1.29 is 9.90 Å². The zero-order valence-corrected chi connectivity index (χ0v) is 11.5. The molecule has 0 saturated carbocycles. The topological polar surface area (TPSA) is 68.0 Å². The highest BCUT2D eigenvalue weighted by Gasteiger charge is 2.16. The molecule has 6 heteroatoms. The number of pyridine rings is 1. The number of hydrogen-bond acceptors (Lipinski definition) is 3. The molecule has 2 aromatic heterocycles. The van der Waals surface area contributed by atoms with Gasteiger partial charge in [-0.1, -0.05) is 41.9 Å². The van der Waals surface area contributed by atoms with Crippen molar-refractivity contribution in [2.75, 3.05) is 0 Å². The van der Waals surface area contributed by atoms with Gasteiger partial charge < -0.3 is 5.11 Å². The van der Waals surface area contributed by atoms with Crippen LogP contribution in [0.3, 0.4) is 0 Å². The van der Waals surface area contributed by atoms with E-state index >= 15 is 0 Å². The summed E-state index contributed by atoms with van der Waals surface area (Å²) < 4.78 is 1.38. The molecule has 0 unspecified atom stereocenters. The van der Waals surface area contributed by atoms with Crippen LogP contribution in [0, 0.1) is 0 Å². The summed E-state index contributed by atoms with van der Waals surface area (Å²) in [6.45, 7) is 0. The highest BCUT2D eigenvalue weighted by Crippen LogP contribution is 2.27. The van der Waals surface area contributed by atoms with Crippen molar-refractivity contribution in [1.29, 1.82) is 0 Å². The van der Waals surface area contributed by atoms with Crippen LogP contribution in [0.1, 0.15) is 10.4 Å². The first-order valence-corrected chi connectivity index (χ1v) is 6.54. The Kier molecular flexibility index (Phi) is 3.41. The van der Waals surface area contributed by atoms with Crippen molar-refractivity contribution in [3.05, 3.63) is 65.4 Å². The zero-order chi connectivity index (χ0) is 14.8. The van der Waals surface area contributed by atoms with Crippen LogP contribution in [0.4, 0.5) is 0 Å². The van der Waals surface area contributed by atoms with Gasteiger partial charge in [0.2, 0.25) is 0 Å². The molecule has 1 N–H and O–H groups in total. The molecule has 5 nitrogen and oxygen atoms in total. The van der Waals surface area contributed by atoms with Crippen molar-refractivity contribution in [2.45, 2.75) is 0 Å². The van der Waals surface area contributed by atoms with E-state index in [1.54, 1.807) is 12.3 Å². The van der Waals surface area contributed by atoms with Crippen LogP contribution >= 0.6 is 11.6 Å².